The molecule has 29 heavy (non-hydrogen) atoms. The van der Waals surface area contributed by atoms with Gasteiger partial charge < -0.3 is 20.3 Å². The number of thioether (sulfide) groups is 1. The summed E-state index contributed by atoms with van der Waals surface area (Å²) < 4.78 is 1.66. The van der Waals surface area contributed by atoms with E-state index in [0.717, 1.165) is 31.2 Å². The monoisotopic (exact) mass is 436 g/mol. The van der Waals surface area contributed by atoms with E-state index in [1.807, 2.05) is 18.2 Å². The number of hydrogen-bond donors (Lipinski definition) is 3. The maximum Gasteiger partial charge on any atom is 0.240 e. The van der Waals surface area contributed by atoms with Crippen LogP contribution in [0.4, 0.5) is 0 Å². The first kappa shape index (κ1) is 21.7. The van der Waals surface area contributed by atoms with Gasteiger partial charge in [-0.05, 0) is 24.5 Å². The van der Waals surface area contributed by atoms with E-state index in [1.54, 1.807) is 10.6 Å². The molecule has 7 nitrogen and oxygen atoms in total. The maximum absolute atomic E-state index is 12.4. The third kappa shape index (κ3) is 6.22. The van der Waals surface area contributed by atoms with Crippen molar-refractivity contribution in [2.75, 3.05) is 5.75 Å². The number of aromatic nitrogens is 2. The zero-order chi connectivity index (χ0) is 20.6. The van der Waals surface area contributed by atoms with Crippen LogP contribution in [0.2, 0.25) is 5.02 Å². The minimum atomic E-state index is -0.219. The lowest BCUT2D eigenvalue weighted by atomic mass is 10.2. The van der Waals surface area contributed by atoms with Gasteiger partial charge in [-0.25, -0.2) is 4.98 Å². The third-order valence-corrected chi connectivity index (χ3v) is 6.21. The second-order valence-corrected chi connectivity index (χ2v) is 8.33. The number of amides is 2. The number of nitrogens with zero attached hydrogens (tertiary/aromatic N) is 2. The van der Waals surface area contributed by atoms with Gasteiger partial charge in [-0.15, -0.1) is 0 Å². The molecule has 0 spiro atoms. The highest BCUT2D eigenvalue weighted by atomic mass is 35.5. The number of rotatable bonds is 9. The van der Waals surface area contributed by atoms with Crippen molar-refractivity contribution >= 4 is 35.2 Å². The Morgan fingerprint density at radius 1 is 1.24 bits per heavy atom. The fourth-order valence-electron chi connectivity index (χ4n) is 3.31. The standard InChI is InChI=1S/C20H25ClN4O3S/c21-17-8-4-1-5-14(17)9-22-19(28)13-29-20-23-10-16(12-26)25(20)11-18(27)24-15-6-2-3-7-15/h1,4-5,8,10,15,26H,2-3,6-7,9,11-13H2,(H,22,28)(H,24,27). The van der Waals surface area contributed by atoms with E-state index in [4.69, 9.17) is 11.6 Å². The zero-order valence-electron chi connectivity index (χ0n) is 16.1. The Bertz CT molecular complexity index is 852. The molecule has 0 aliphatic heterocycles. The Morgan fingerprint density at radius 2 is 2.00 bits per heavy atom. The highest BCUT2D eigenvalue weighted by Gasteiger charge is 2.19. The number of aliphatic hydroxyl groups excluding tert-OH is 1. The van der Waals surface area contributed by atoms with Gasteiger partial charge in [0.05, 0.1) is 24.3 Å². The number of aliphatic hydroxyl groups is 1. The predicted octanol–water partition coefficient (Wildman–Crippen LogP) is 2.50. The summed E-state index contributed by atoms with van der Waals surface area (Å²) >= 11 is 7.33. The SMILES string of the molecule is O=C(CSc1ncc(CO)n1CC(=O)NC1CCCC1)NCc1ccccc1Cl. The Labute approximate surface area is 179 Å². The summed E-state index contributed by atoms with van der Waals surface area (Å²) in [6.07, 6.45) is 5.84. The summed E-state index contributed by atoms with van der Waals surface area (Å²) in [6, 6.07) is 7.58. The molecule has 0 saturated heterocycles. The molecule has 0 radical (unpaired) electrons. The summed E-state index contributed by atoms with van der Waals surface area (Å²) in [7, 11) is 0. The van der Waals surface area contributed by atoms with Crippen LogP contribution in [0.25, 0.3) is 0 Å². The second kappa shape index (κ2) is 10.7. The van der Waals surface area contributed by atoms with E-state index in [-0.39, 0.29) is 36.8 Å². The molecule has 1 aliphatic carbocycles. The lowest BCUT2D eigenvalue weighted by molar-refractivity contribution is -0.122. The average Bonchev–Trinajstić information content (AvgIpc) is 3.35. The molecule has 1 saturated carbocycles. The summed E-state index contributed by atoms with van der Waals surface area (Å²) in [5.74, 6) is -0.114. The van der Waals surface area contributed by atoms with Crippen LogP contribution in [0.1, 0.15) is 36.9 Å². The Balaban J connectivity index is 1.53. The van der Waals surface area contributed by atoms with Crippen molar-refractivity contribution in [2.45, 2.75) is 56.6 Å². The third-order valence-electron chi connectivity index (χ3n) is 4.85. The molecule has 3 N–H and O–H groups in total. The van der Waals surface area contributed by atoms with Crippen LogP contribution in [0.15, 0.2) is 35.6 Å². The normalized spacial score (nSPS) is 14.1. The largest absolute Gasteiger partial charge is 0.390 e. The molecule has 1 heterocycles. The number of carbonyl (C=O) groups is 2. The van der Waals surface area contributed by atoms with Gasteiger partial charge >= 0.3 is 0 Å². The first-order valence-electron chi connectivity index (χ1n) is 9.64. The maximum atomic E-state index is 12.4. The highest BCUT2D eigenvalue weighted by molar-refractivity contribution is 7.99. The van der Waals surface area contributed by atoms with Crippen molar-refractivity contribution in [1.29, 1.82) is 0 Å². The first-order chi connectivity index (χ1) is 14.1. The quantitative estimate of drug-likeness (QED) is 0.525. The van der Waals surface area contributed by atoms with E-state index in [9.17, 15) is 14.7 Å². The van der Waals surface area contributed by atoms with Gasteiger partial charge in [0, 0.05) is 17.6 Å². The minimum absolute atomic E-state index is 0.0793. The Kier molecular flexibility index (Phi) is 7.97. The van der Waals surface area contributed by atoms with E-state index < -0.39 is 0 Å². The second-order valence-electron chi connectivity index (χ2n) is 6.98. The van der Waals surface area contributed by atoms with Crippen LogP contribution in [0.5, 0.6) is 0 Å². The molecule has 1 aromatic heterocycles. The lowest BCUT2D eigenvalue weighted by Gasteiger charge is -2.14. The van der Waals surface area contributed by atoms with Gasteiger partial charge in [0.2, 0.25) is 11.8 Å². The van der Waals surface area contributed by atoms with Crippen LogP contribution < -0.4 is 10.6 Å². The molecule has 1 aromatic carbocycles. The van der Waals surface area contributed by atoms with Crippen LogP contribution in [-0.4, -0.2) is 38.3 Å². The van der Waals surface area contributed by atoms with Crippen LogP contribution in [-0.2, 0) is 29.3 Å². The summed E-state index contributed by atoms with van der Waals surface area (Å²) in [4.78, 5) is 28.8. The molecule has 9 heteroatoms. The number of carbonyl (C=O) groups excluding carboxylic acids is 2. The first-order valence-corrected chi connectivity index (χ1v) is 11.0. The number of halogens is 1. The number of hydrogen-bond acceptors (Lipinski definition) is 5. The van der Waals surface area contributed by atoms with Gasteiger partial charge in [-0.3, -0.25) is 9.59 Å². The van der Waals surface area contributed by atoms with E-state index >= 15 is 0 Å². The van der Waals surface area contributed by atoms with Crippen molar-refractivity contribution in [3.8, 4) is 0 Å². The van der Waals surface area contributed by atoms with Crippen molar-refractivity contribution in [3.63, 3.8) is 0 Å². The predicted molar refractivity (Wildman–Crippen MR) is 113 cm³/mol. The molecular formula is C20H25ClN4O3S. The summed E-state index contributed by atoms with van der Waals surface area (Å²) in [5, 5.41) is 16.6. The van der Waals surface area contributed by atoms with Gasteiger partial charge in [0.1, 0.15) is 6.54 Å². The van der Waals surface area contributed by atoms with Crippen LogP contribution in [0, 0.1) is 0 Å². The fraction of sp³-hybridized carbons (Fsp3) is 0.450. The van der Waals surface area contributed by atoms with Crippen molar-refractivity contribution in [3.05, 3.63) is 46.7 Å². The van der Waals surface area contributed by atoms with Crippen molar-refractivity contribution in [1.82, 2.24) is 20.2 Å². The Hall–Kier alpha value is -2.03. The zero-order valence-corrected chi connectivity index (χ0v) is 17.6. The van der Waals surface area contributed by atoms with Gasteiger partial charge in [-0.2, -0.15) is 0 Å². The smallest absolute Gasteiger partial charge is 0.240 e. The van der Waals surface area contributed by atoms with Gasteiger partial charge in [0.25, 0.3) is 0 Å². The molecule has 1 fully saturated rings. The van der Waals surface area contributed by atoms with E-state index in [1.165, 1.54) is 18.0 Å². The van der Waals surface area contributed by atoms with Gasteiger partial charge in [-0.1, -0.05) is 54.4 Å². The molecule has 0 atom stereocenters. The van der Waals surface area contributed by atoms with Crippen LogP contribution >= 0.6 is 23.4 Å². The molecule has 3 rings (SSSR count). The molecule has 2 amide bonds. The van der Waals surface area contributed by atoms with E-state index in [2.05, 4.69) is 15.6 Å². The van der Waals surface area contributed by atoms with Crippen molar-refractivity contribution in [2.24, 2.45) is 0 Å². The molecule has 2 aromatic rings. The lowest BCUT2D eigenvalue weighted by Crippen LogP contribution is -2.35. The number of imidazole rings is 1. The average molecular weight is 437 g/mol. The van der Waals surface area contributed by atoms with Crippen molar-refractivity contribution < 1.29 is 14.7 Å². The number of nitrogens with one attached hydrogen (secondary N) is 2. The molecule has 0 unspecified atom stereocenters. The summed E-state index contributed by atoms with van der Waals surface area (Å²) in [6.45, 7) is 0.206. The molecular weight excluding hydrogens is 412 g/mol. The Morgan fingerprint density at radius 3 is 2.72 bits per heavy atom. The fourth-order valence-corrected chi connectivity index (χ4v) is 4.34. The topological polar surface area (TPSA) is 96.2 Å². The molecule has 156 valence electrons. The highest BCUT2D eigenvalue weighted by Crippen LogP contribution is 2.20. The summed E-state index contributed by atoms with van der Waals surface area (Å²) in [5.41, 5.74) is 1.39. The molecule has 0 bridgehead atoms. The van der Waals surface area contributed by atoms with Crippen LogP contribution in [0.3, 0.4) is 0 Å². The number of benzene rings is 1. The van der Waals surface area contributed by atoms with Gasteiger partial charge in [0.15, 0.2) is 5.16 Å². The minimum Gasteiger partial charge on any atom is -0.390 e. The molecule has 1 aliphatic rings. The van der Waals surface area contributed by atoms with E-state index in [0.29, 0.717) is 22.4 Å².